The minimum absolute atomic E-state index is 0.747. The molecule has 3 heteroatoms. The maximum Gasteiger partial charge on any atom is 0.140 e. The zero-order chi connectivity index (χ0) is 13.9. The Hall–Kier alpha value is -1.07. The molecule has 0 saturated heterocycles. The topological polar surface area (TPSA) is 21.3 Å². The summed E-state index contributed by atoms with van der Waals surface area (Å²) in [5.74, 6) is 1.85. The summed E-state index contributed by atoms with van der Waals surface area (Å²) in [7, 11) is 0. The zero-order valence-corrected chi connectivity index (χ0v) is 13.7. The van der Waals surface area contributed by atoms with Crippen LogP contribution in [0.25, 0.3) is 0 Å². The van der Waals surface area contributed by atoms with E-state index in [9.17, 15) is 0 Å². The van der Waals surface area contributed by atoms with E-state index in [2.05, 4.69) is 59.1 Å². The van der Waals surface area contributed by atoms with Crippen molar-refractivity contribution in [1.29, 1.82) is 0 Å². The molecule has 1 fully saturated rings. The summed E-state index contributed by atoms with van der Waals surface area (Å²) in [4.78, 5) is 0. The van der Waals surface area contributed by atoms with Crippen LogP contribution in [0, 0.1) is 10.5 Å². The van der Waals surface area contributed by atoms with Crippen molar-refractivity contribution in [3.63, 3.8) is 0 Å². The summed E-state index contributed by atoms with van der Waals surface area (Å²) >= 11 is 2.30. The molecule has 0 radical (unpaired) electrons. The lowest BCUT2D eigenvalue weighted by molar-refractivity contribution is 0.475. The number of para-hydroxylation sites is 1. The smallest absolute Gasteiger partial charge is 0.140 e. The molecule has 0 bridgehead atoms. The fourth-order valence-corrected chi connectivity index (χ4v) is 2.63. The Morgan fingerprint density at radius 1 is 1.15 bits per heavy atom. The van der Waals surface area contributed by atoms with Gasteiger partial charge in [-0.15, -0.1) is 0 Å². The van der Waals surface area contributed by atoms with Crippen LogP contribution in [0.4, 0.5) is 0 Å². The SMILES string of the molecule is Cc1cc(CNC2CC2)ccc1Oc1ccccc1I. The lowest BCUT2D eigenvalue weighted by Crippen LogP contribution is -2.15. The molecule has 2 aromatic carbocycles. The summed E-state index contributed by atoms with van der Waals surface area (Å²) in [6.45, 7) is 3.06. The van der Waals surface area contributed by atoms with Gasteiger partial charge in [0.25, 0.3) is 0 Å². The van der Waals surface area contributed by atoms with Crippen molar-refractivity contribution in [1.82, 2.24) is 5.32 Å². The van der Waals surface area contributed by atoms with Gasteiger partial charge in [-0.2, -0.15) is 0 Å². The highest BCUT2D eigenvalue weighted by atomic mass is 127. The van der Waals surface area contributed by atoms with Crippen LogP contribution in [0.15, 0.2) is 42.5 Å². The van der Waals surface area contributed by atoms with Crippen molar-refractivity contribution in [3.8, 4) is 11.5 Å². The second kappa shape index (κ2) is 6.14. The zero-order valence-electron chi connectivity index (χ0n) is 11.5. The number of halogens is 1. The van der Waals surface area contributed by atoms with E-state index in [1.807, 2.05) is 18.2 Å². The van der Waals surface area contributed by atoms with E-state index in [4.69, 9.17) is 4.74 Å². The number of ether oxygens (including phenoxy) is 1. The van der Waals surface area contributed by atoms with E-state index in [1.165, 1.54) is 24.0 Å². The molecule has 0 atom stereocenters. The molecule has 0 amide bonds. The third kappa shape index (κ3) is 3.52. The number of rotatable bonds is 5. The van der Waals surface area contributed by atoms with Crippen molar-refractivity contribution in [2.24, 2.45) is 0 Å². The van der Waals surface area contributed by atoms with Gasteiger partial charge in [0.2, 0.25) is 0 Å². The molecule has 0 heterocycles. The van der Waals surface area contributed by atoms with Crippen LogP contribution in [0.5, 0.6) is 11.5 Å². The second-order valence-corrected chi connectivity index (χ2v) is 6.45. The Bertz CT molecular complexity index is 608. The monoisotopic (exact) mass is 379 g/mol. The van der Waals surface area contributed by atoms with Crippen LogP contribution in [0.3, 0.4) is 0 Å². The van der Waals surface area contributed by atoms with E-state index < -0.39 is 0 Å². The number of hydrogen-bond acceptors (Lipinski definition) is 2. The van der Waals surface area contributed by atoms with E-state index in [0.29, 0.717) is 0 Å². The van der Waals surface area contributed by atoms with Gasteiger partial charge in [-0.3, -0.25) is 0 Å². The molecule has 0 aromatic heterocycles. The first-order valence-electron chi connectivity index (χ1n) is 6.97. The highest BCUT2D eigenvalue weighted by molar-refractivity contribution is 14.1. The molecule has 0 spiro atoms. The Kier molecular flexibility index (Phi) is 4.27. The van der Waals surface area contributed by atoms with Gasteiger partial charge < -0.3 is 10.1 Å². The maximum atomic E-state index is 6.00. The number of aryl methyl sites for hydroxylation is 1. The summed E-state index contributed by atoms with van der Waals surface area (Å²) < 4.78 is 7.13. The molecular weight excluding hydrogens is 361 g/mol. The minimum atomic E-state index is 0.747. The van der Waals surface area contributed by atoms with Gasteiger partial charge in [0.05, 0.1) is 3.57 Å². The largest absolute Gasteiger partial charge is 0.456 e. The van der Waals surface area contributed by atoms with E-state index in [0.717, 1.165) is 27.7 Å². The molecule has 2 nitrogen and oxygen atoms in total. The summed E-state index contributed by atoms with van der Waals surface area (Å²) in [6.07, 6.45) is 2.65. The van der Waals surface area contributed by atoms with E-state index in [1.54, 1.807) is 0 Å². The van der Waals surface area contributed by atoms with Crippen LogP contribution in [-0.2, 0) is 6.54 Å². The molecule has 0 unspecified atom stereocenters. The average Bonchev–Trinajstić information content (AvgIpc) is 3.26. The molecule has 104 valence electrons. The third-order valence-electron chi connectivity index (χ3n) is 3.47. The Balaban J connectivity index is 1.71. The molecule has 2 aromatic rings. The average molecular weight is 379 g/mol. The molecule has 1 N–H and O–H groups in total. The number of benzene rings is 2. The minimum Gasteiger partial charge on any atom is -0.456 e. The quantitative estimate of drug-likeness (QED) is 0.764. The summed E-state index contributed by atoms with van der Waals surface area (Å²) in [5.41, 5.74) is 2.50. The highest BCUT2D eigenvalue weighted by Crippen LogP contribution is 2.29. The van der Waals surface area contributed by atoms with Gasteiger partial charge in [0, 0.05) is 12.6 Å². The highest BCUT2D eigenvalue weighted by Gasteiger charge is 2.19. The Morgan fingerprint density at radius 2 is 1.95 bits per heavy atom. The second-order valence-electron chi connectivity index (χ2n) is 5.29. The van der Waals surface area contributed by atoms with Crippen LogP contribution >= 0.6 is 22.6 Å². The fraction of sp³-hybridized carbons (Fsp3) is 0.294. The first-order chi connectivity index (χ1) is 9.72. The van der Waals surface area contributed by atoms with Crippen LogP contribution in [0.1, 0.15) is 24.0 Å². The van der Waals surface area contributed by atoms with Gasteiger partial charge in [-0.1, -0.05) is 24.3 Å². The number of nitrogens with one attached hydrogen (secondary N) is 1. The molecule has 20 heavy (non-hydrogen) atoms. The molecule has 1 saturated carbocycles. The molecule has 1 aliphatic carbocycles. The van der Waals surface area contributed by atoms with Crippen molar-refractivity contribution >= 4 is 22.6 Å². The third-order valence-corrected chi connectivity index (χ3v) is 4.36. The van der Waals surface area contributed by atoms with E-state index >= 15 is 0 Å². The maximum absolute atomic E-state index is 6.00. The van der Waals surface area contributed by atoms with Crippen molar-refractivity contribution in [2.45, 2.75) is 32.4 Å². The Labute approximate surface area is 133 Å². The summed E-state index contributed by atoms with van der Waals surface area (Å²) in [6, 6.07) is 15.3. The van der Waals surface area contributed by atoms with Gasteiger partial charge in [0.15, 0.2) is 0 Å². The molecule has 0 aliphatic heterocycles. The van der Waals surface area contributed by atoms with Gasteiger partial charge in [-0.05, 0) is 71.7 Å². The van der Waals surface area contributed by atoms with Crippen LogP contribution in [-0.4, -0.2) is 6.04 Å². The molecule has 3 rings (SSSR count). The number of hydrogen-bond donors (Lipinski definition) is 1. The van der Waals surface area contributed by atoms with Gasteiger partial charge >= 0.3 is 0 Å². The normalized spacial score (nSPS) is 14.3. The van der Waals surface area contributed by atoms with E-state index in [-0.39, 0.29) is 0 Å². The standard InChI is InChI=1S/C17H18INO/c1-12-10-13(11-19-14-7-8-14)6-9-16(12)20-17-5-3-2-4-15(17)18/h2-6,9-10,14,19H,7-8,11H2,1H3. The summed E-state index contributed by atoms with van der Waals surface area (Å²) in [5, 5.41) is 3.54. The first-order valence-corrected chi connectivity index (χ1v) is 8.05. The lowest BCUT2D eigenvalue weighted by atomic mass is 10.1. The van der Waals surface area contributed by atoms with Gasteiger partial charge in [0.1, 0.15) is 11.5 Å². The lowest BCUT2D eigenvalue weighted by Gasteiger charge is -2.12. The van der Waals surface area contributed by atoms with Crippen molar-refractivity contribution in [3.05, 3.63) is 57.2 Å². The van der Waals surface area contributed by atoms with Crippen molar-refractivity contribution in [2.75, 3.05) is 0 Å². The molecule has 1 aliphatic rings. The van der Waals surface area contributed by atoms with Crippen LogP contribution in [0.2, 0.25) is 0 Å². The molecular formula is C17H18INO. The Morgan fingerprint density at radius 3 is 2.65 bits per heavy atom. The predicted octanol–water partition coefficient (Wildman–Crippen LogP) is 4.64. The van der Waals surface area contributed by atoms with Gasteiger partial charge in [-0.25, -0.2) is 0 Å². The first kappa shape index (κ1) is 13.9. The van der Waals surface area contributed by atoms with Crippen LogP contribution < -0.4 is 10.1 Å². The fourth-order valence-electron chi connectivity index (χ4n) is 2.13. The predicted molar refractivity (Wildman–Crippen MR) is 90.3 cm³/mol. The van der Waals surface area contributed by atoms with Crippen molar-refractivity contribution < 1.29 is 4.74 Å².